The van der Waals surface area contributed by atoms with Crippen LogP contribution in [-0.4, -0.2) is 24.2 Å². The van der Waals surface area contributed by atoms with Gasteiger partial charge in [0, 0.05) is 35.4 Å². The van der Waals surface area contributed by atoms with Gasteiger partial charge in [-0.05, 0) is 42.9 Å². The minimum atomic E-state index is -0.959. The summed E-state index contributed by atoms with van der Waals surface area (Å²) in [4.78, 5) is 13.1. The zero-order chi connectivity index (χ0) is 15.5. The second kappa shape index (κ2) is 6.52. The third-order valence-corrected chi connectivity index (χ3v) is 5.03. The van der Waals surface area contributed by atoms with Crippen molar-refractivity contribution in [2.24, 2.45) is 5.41 Å². The monoisotopic (exact) mass is 307 g/mol. The molecule has 1 aliphatic rings. The summed E-state index contributed by atoms with van der Waals surface area (Å²) in [5.74, 6) is -0.959. The highest BCUT2D eigenvalue weighted by molar-refractivity contribution is 6.32. The Kier molecular flexibility index (Phi) is 4.94. The van der Waals surface area contributed by atoms with E-state index in [-0.39, 0.29) is 0 Å². The maximum Gasteiger partial charge on any atom is 0.328 e. The summed E-state index contributed by atoms with van der Waals surface area (Å²) in [6.45, 7) is 6.50. The molecule has 0 unspecified atom stereocenters. The predicted octanol–water partition coefficient (Wildman–Crippen LogP) is 4.45. The number of hydrogen-bond acceptors (Lipinski definition) is 2. The van der Waals surface area contributed by atoms with Crippen LogP contribution in [0.3, 0.4) is 0 Å². The maximum absolute atomic E-state index is 10.8. The summed E-state index contributed by atoms with van der Waals surface area (Å²) in [6.07, 6.45) is 6.25. The van der Waals surface area contributed by atoms with E-state index in [1.54, 1.807) is 12.1 Å². The van der Waals surface area contributed by atoms with Crippen molar-refractivity contribution in [3.05, 3.63) is 34.9 Å². The molecule has 1 saturated heterocycles. The van der Waals surface area contributed by atoms with Crippen LogP contribution in [0.4, 0.5) is 5.69 Å². The van der Waals surface area contributed by atoms with E-state index in [1.165, 1.54) is 19.3 Å². The average molecular weight is 308 g/mol. The summed E-state index contributed by atoms with van der Waals surface area (Å²) in [6, 6.07) is 5.75. The van der Waals surface area contributed by atoms with Gasteiger partial charge in [-0.1, -0.05) is 31.5 Å². The van der Waals surface area contributed by atoms with Gasteiger partial charge >= 0.3 is 5.97 Å². The summed E-state index contributed by atoms with van der Waals surface area (Å²) in [5.41, 5.74) is 2.20. The molecule has 1 N–H and O–H groups in total. The largest absolute Gasteiger partial charge is 0.478 e. The van der Waals surface area contributed by atoms with E-state index >= 15 is 0 Å². The van der Waals surface area contributed by atoms with Crippen molar-refractivity contribution >= 4 is 29.3 Å². The molecule has 114 valence electrons. The van der Waals surface area contributed by atoms with E-state index in [0.29, 0.717) is 10.4 Å². The minimum Gasteiger partial charge on any atom is -0.478 e. The standard InChI is InChI=1S/C17H22ClNO2/c1-3-17(4-2)10-11-19(12-17)15-7-5-6-14(18)13(15)8-9-16(20)21/h5-9H,3-4,10-12H2,1-2H3,(H,20,21)/b9-8+. The number of rotatable bonds is 5. The number of carboxylic acids is 1. The molecule has 1 aliphatic heterocycles. The van der Waals surface area contributed by atoms with Gasteiger partial charge in [0.2, 0.25) is 0 Å². The molecule has 0 radical (unpaired) electrons. The van der Waals surface area contributed by atoms with Crippen LogP contribution >= 0.6 is 11.6 Å². The van der Waals surface area contributed by atoms with Crippen LogP contribution in [0.25, 0.3) is 6.08 Å². The van der Waals surface area contributed by atoms with Gasteiger partial charge in [-0.2, -0.15) is 0 Å². The molecule has 1 heterocycles. The third-order valence-electron chi connectivity index (χ3n) is 4.70. The van der Waals surface area contributed by atoms with Gasteiger partial charge in [0.15, 0.2) is 0 Å². The molecule has 1 aromatic rings. The summed E-state index contributed by atoms with van der Waals surface area (Å²) < 4.78 is 0. The molecular weight excluding hydrogens is 286 g/mol. The summed E-state index contributed by atoms with van der Waals surface area (Å²) in [7, 11) is 0. The molecule has 2 rings (SSSR count). The molecule has 21 heavy (non-hydrogen) atoms. The second-order valence-corrected chi connectivity index (χ2v) is 6.13. The Labute approximate surface area is 131 Å². The minimum absolute atomic E-state index is 0.371. The van der Waals surface area contributed by atoms with Gasteiger partial charge in [0.25, 0.3) is 0 Å². The van der Waals surface area contributed by atoms with Gasteiger partial charge in [-0.25, -0.2) is 4.79 Å². The molecule has 0 spiro atoms. The first kappa shape index (κ1) is 15.9. The Morgan fingerprint density at radius 2 is 2.14 bits per heavy atom. The van der Waals surface area contributed by atoms with Crippen molar-refractivity contribution in [1.29, 1.82) is 0 Å². The third kappa shape index (κ3) is 3.41. The number of anilines is 1. The molecular formula is C17H22ClNO2. The number of carbonyl (C=O) groups is 1. The van der Waals surface area contributed by atoms with Gasteiger partial charge in [0.05, 0.1) is 0 Å². The van der Waals surface area contributed by atoms with Crippen LogP contribution in [0.15, 0.2) is 24.3 Å². The lowest BCUT2D eigenvalue weighted by Gasteiger charge is -2.28. The topological polar surface area (TPSA) is 40.5 Å². The summed E-state index contributed by atoms with van der Waals surface area (Å²) >= 11 is 6.26. The highest BCUT2D eigenvalue weighted by Crippen LogP contribution is 2.41. The Balaban J connectivity index is 2.33. The van der Waals surface area contributed by atoms with Crippen LogP contribution in [0.5, 0.6) is 0 Å². The van der Waals surface area contributed by atoms with E-state index in [4.69, 9.17) is 16.7 Å². The van der Waals surface area contributed by atoms with Crippen LogP contribution in [-0.2, 0) is 4.79 Å². The number of hydrogen-bond donors (Lipinski definition) is 1. The van der Waals surface area contributed by atoms with Crippen molar-refractivity contribution in [2.75, 3.05) is 18.0 Å². The van der Waals surface area contributed by atoms with Gasteiger partial charge in [0.1, 0.15) is 0 Å². The molecule has 0 saturated carbocycles. The van der Waals surface area contributed by atoms with E-state index in [2.05, 4.69) is 18.7 Å². The smallest absolute Gasteiger partial charge is 0.328 e. The number of nitrogens with zero attached hydrogens (tertiary/aromatic N) is 1. The highest BCUT2D eigenvalue weighted by Gasteiger charge is 2.35. The van der Waals surface area contributed by atoms with Gasteiger partial charge in [-0.15, -0.1) is 0 Å². The zero-order valence-electron chi connectivity index (χ0n) is 12.6. The highest BCUT2D eigenvalue weighted by atomic mass is 35.5. The Morgan fingerprint density at radius 3 is 2.71 bits per heavy atom. The van der Waals surface area contributed by atoms with Crippen LogP contribution in [0, 0.1) is 5.41 Å². The maximum atomic E-state index is 10.8. The lowest BCUT2D eigenvalue weighted by Crippen LogP contribution is -2.26. The molecule has 0 bridgehead atoms. The fourth-order valence-electron chi connectivity index (χ4n) is 3.09. The number of aliphatic carboxylic acids is 1. The molecule has 0 aliphatic carbocycles. The lowest BCUT2D eigenvalue weighted by molar-refractivity contribution is -0.131. The zero-order valence-corrected chi connectivity index (χ0v) is 13.4. The normalized spacial score (nSPS) is 17.6. The van der Waals surface area contributed by atoms with Crippen molar-refractivity contribution < 1.29 is 9.90 Å². The fourth-order valence-corrected chi connectivity index (χ4v) is 3.32. The van der Waals surface area contributed by atoms with E-state index in [1.807, 2.05) is 12.1 Å². The molecule has 1 aromatic carbocycles. The van der Waals surface area contributed by atoms with E-state index in [9.17, 15) is 4.79 Å². The average Bonchev–Trinajstić information content (AvgIpc) is 2.90. The number of benzene rings is 1. The number of carboxylic acid groups (broad SMARTS) is 1. The van der Waals surface area contributed by atoms with Crippen molar-refractivity contribution in [3.63, 3.8) is 0 Å². The first-order valence-electron chi connectivity index (χ1n) is 7.46. The first-order chi connectivity index (χ1) is 10.0. The van der Waals surface area contributed by atoms with Crippen LogP contribution in [0.2, 0.25) is 5.02 Å². The fraction of sp³-hybridized carbons (Fsp3) is 0.471. The molecule has 0 amide bonds. The predicted molar refractivity (Wildman–Crippen MR) is 88.0 cm³/mol. The molecule has 4 heteroatoms. The quantitative estimate of drug-likeness (QED) is 0.817. The molecule has 1 fully saturated rings. The SMILES string of the molecule is CCC1(CC)CCN(c2cccc(Cl)c2/C=C/C(=O)O)C1. The van der Waals surface area contributed by atoms with E-state index < -0.39 is 5.97 Å². The van der Waals surface area contributed by atoms with Crippen molar-refractivity contribution in [2.45, 2.75) is 33.1 Å². The van der Waals surface area contributed by atoms with Gasteiger partial charge in [-0.3, -0.25) is 0 Å². The molecule has 3 nitrogen and oxygen atoms in total. The van der Waals surface area contributed by atoms with Crippen molar-refractivity contribution in [1.82, 2.24) is 0 Å². The Hall–Kier alpha value is -1.48. The summed E-state index contributed by atoms with van der Waals surface area (Å²) in [5, 5.41) is 9.43. The van der Waals surface area contributed by atoms with E-state index in [0.717, 1.165) is 30.4 Å². The second-order valence-electron chi connectivity index (χ2n) is 5.72. The van der Waals surface area contributed by atoms with Crippen LogP contribution < -0.4 is 4.90 Å². The Bertz CT molecular complexity index is 550. The Morgan fingerprint density at radius 1 is 1.43 bits per heavy atom. The first-order valence-corrected chi connectivity index (χ1v) is 7.83. The van der Waals surface area contributed by atoms with Crippen LogP contribution in [0.1, 0.15) is 38.7 Å². The molecule has 0 atom stereocenters. The number of halogens is 1. The molecule has 0 aromatic heterocycles. The van der Waals surface area contributed by atoms with Crippen molar-refractivity contribution in [3.8, 4) is 0 Å². The van der Waals surface area contributed by atoms with Gasteiger partial charge < -0.3 is 10.0 Å². The lowest BCUT2D eigenvalue weighted by atomic mass is 9.82.